The van der Waals surface area contributed by atoms with Gasteiger partial charge in [0.05, 0.1) is 17.3 Å². The molecule has 0 N–H and O–H groups in total. The average molecular weight is 545 g/mol. The molecule has 0 aliphatic carbocycles. The molecule has 3 rings (SSSR count). The summed E-state index contributed by atoms with van der Waals surface area (Å²) in [6.45, 7) is 10.7. The molecule has 5 nitrogen and oxygen atoms in total. The zero-order valence-electron chi connectivity index (χ0n) is 22.0. The first-order valence-corrected chi connectivity index (χ1v) is 14.5. The molecular weight excluding hydrogens is 508 g/mol. The van der Waals surface area contributed by atoms with Crippen LogP contribution in [0.1, 0.15) is 66.8 Å². The second kappa shape index (κ2) is 14.1. The molecule has 1 heterocycles. The van der Waals surface area contributed by atoms with E-state index >= 15 is 0 Å². The van der Waals surface area contributed by atoms with E-state index in [0.717, 1.165) is 44.3 Å². The van der Waals surface area contributed by atoms with Gasteiger partial charge in [-0.1, -0.05) is 79.9 Å². The van der Waals surface area contributed by atoms with Gasteiger partial charge in [0.25, 0.3) is 5.91 Å². The lowest BCUT2D eigenvalue weighted by atomic mass is 10.2. The number of aryl methyl sites for hydroxylation is 3. The van der Waals surface area contributed by atoms with Gasteiger partial charge in [-0.05, 0) is 56.5 Å². The van der Waals surface area contributed by atoms with Gasteiger partial charge in [-0.3, -0.25) is 13.8 Å². The first kappa shape index (κ1) is 28.6. The fourth-order valence-electron chi connectivity index (χ4n) is 3.69. The predicted octanol–water partition coefficient (Wildman–Crippen LogP) is 7.95. The van der Waals surface area contributed by atoms with Crippen LogP contribution in [-0.2, 0) is 13.6 Å². The van der Waals surface area contributed by atoms with Crippen LogP contribution in [0.4, 0.5) is 0 Å². The molecule has 8 heteroatoms. The monoisotopic (exact) mass is 544 g/mol. The molecule has 0 atom stereocenters. The summed E-state index contributed by atoms with van der Waals surface area (Å²) in [5, 5.41) is 4.79. The quantitative estimate of drug-likeness (QED) is 0.204. The van der Waals surface area contributed by atoms with Gasteiger partial charge >= 0.3 is 0 Å². The molecule has 0 aliphatic rings. The van der Waals surface area contributed by atoms with E-state index in [4.69, 9.17) is 11.6 Å². The van der Waals surface area contributed by atoms with Crippen LogP contribution in [0.25, 0.3) is 0 Å². The highest BCUT2D eigenvalue weighted by atomic mass is 35.5. The molecule has 0 bridgehead atoms. The van der Waals surface area contributed by atoms with E-state index in [-0.39, 0.29) is 5.91 Å². The van der Waals surface area contributed by atoms with Gasteiger partial charge in [-0.15, -0.1) is 0 Å². The number of aromatic nitrogens is 2. The molecule has 194 valence electrons. The summed E-state index contributed by atoms with van der Waals surface area (Å²) in [6.07, 6.45) is 4.42. The fourth-order valence-corrected chi connectivity index (χ4v) is 5.82. The summed E-state index contributed by atoms with van der Waals surface area (Å²) >= 11 is 9.76. The van der Waals surface area contributed by atoms with Gasteiger partial charge in [-0.2, -0.15) is 5.10 Å². The lowest BCUT2D eigenvalue weighted by Crippen LogP contribution is -2.32. The normalized spacial score (nSPS) is 11.3. The van der Waals surface area contributed by atoms with Gasteiger partial charge in [0.2, 0.25) is 0 Å². The SMILES string of the molecule is CCCCN(CCCC)SN(Cc1ccc(Sc2ccc(C)cc2)cc1)C(=O)c1c(Cl)c(C)nn1C. The highest BCUT2D eigenvalue weighted by Gasteiger charge is 2.27. The maximum absolute atomic E-state index is 13.8. The summed E-state index contributed by atoms with van der Waals surface area (Å²) in [5.74, 6) is -0.121. The van der Waals surface area contributed by atoms with Crippen molar-refractivity contribution in [3.8, 4) is 0 Å². The van der Waals surface area contributed by atoms with Crippen LogP contribution in [-0.4, -0.2) is 37.4 Å². The first-order valence-electron chi connectivity index (χ1n) is 12.6. The second-order valence-electron chi connectivity index (χ2n) is 8.99. The minimum Gasteiger partial charge on any atom is -0.266 e. The van der Waals surface area contributed by atoms with Gasteiger partial charge in [0.1, 0.15) is 5.69 Å². The third kappa shape index (κ3) is 8.04. The summed E-state index contributed by atoms with van der Waals surface area (Å²) < 4.78 is 5.73. The van der Waals surface area contributed by atoms with Crippen molar-refractivity contribution in [3.63, 3.8) is 0 Å². The van der Waals surface area contributed by atoms with Crippen LogP contribution in [0, 0.1) is 13.8 Å². The largest absolute Gasteiger partial charge is 0.284 e. The van der Waals surface area contributed by atoms with Crippen molar-refractivity contribution in [1.82, 2.24) is 18.4 Å². The van der Waals surface area contributed by atoms with Gasteiger partial charge in [0.15, 0.2) is 0 Å². The number of unbranched alkanes of at least 4 members (excludes halogenated alkanes) is 2. The van der Waals surface area contributed by atoms with E-state index in [1.165, 1.54) is 27.5 Å². The first-order chi connectivity index (χ1) is 17.3. The van der Waals surface area contributed by atoms with Crippen LogP contribution in [0.3, 0.4) is 0 Å². The third-order valence-electron chi connectivity index (χ3n) is 5.82. The second-order valence-corrected chi connectivity index (χ2v) is 11.6. The number of carbonyl (C=O) groups is 1. The van der Waals surface area contributed by atoms with Crippen LogP contribution in [0.2, 0.25) is 5.02 Å². The molecule has 2 aromatic carbocycles. The van der Waals surface area contributed by atoms with Gasteiger partial charge in [-0.25, -0.2) is 4.31 Å². The minimum atomic E-state index is -0.121. The van der Waals surface area contributed by atoms with E-state index in [1.54, 1.807) is 23.5 Å². The highest BCUT2D eigenvalue weighted by molar-refractivity contribution is 7.99. The number of hydrogen-bond donors (Lipinski definition) is 0. The van der Waals surface area contributed by atoms with Crippen molar-refractivity contribution in [1.29, 1.82) is 0 Å². The van der Waals surface area contributed by atoms with Crippen molar-refractivity contribution in [2.45, 2.75) is 69.7 Å². The lowest BCUT2D eigenvalue weighted by molar-refractivity contribution is 0.0851. The van der Waals surface area contributed by atoms with E-state index in [0.29, 0.717) is 23.0 Å². The molecule has 36 heavy (non-hydrogen) atoms. The Kier molecular flexibility index (Phi) is 11.2. The molecule has 0 saturated heterocycles. The zero-order chi connectivity index (χ0) is 26.1. The van der Waals surface area contributed by atoms with Crippen LogP contribution in [0.5, 0.6) is 0 Å². The number of rotatable bonds is 13. The smallest absolute Gasteiger partial charge is 0.266 e. The Bertz CT molecular complexity index is 1110. The van der Waals surface area contributed by atoms with E-state index in [1.807, 2.05) is 11.2 Å². The molecule has 0 unspecified atom stereocenters. The predicted molar refractivity (Wildman–Crippen MR) is 154 cm³/mol. The van der Waals surface area contributed by atoms with Crippen LogP contribution < -0.4 is 0 Å². The number of halogens is 1. The Morgan fingerprint density at radius 2 is 1.50 bits per heavy atom. The Balaban J connectivity index is 1.81. The Labute approximate surface area is 229 Å². The summed E-state index contributed by atoms with van der Waals surface area (Å²) in [6, 6.07) is 17.0. The summed E-state index contributed by atoms with van der Waals surface area (Å²) in [4.78, 5) is 16.1. The third-order valence-corrected chi connectivity index (χ3v) is 8.38. The van der Waals surface area contributed by atoms with Gasteiger partial charge < -0.3 is 0 Å². The molecule has 1 amide bonds. The number of nitrogens with zero attached hydrogens (tertiary/aromatic N) is 4. The highest BCUT2D eigenvalue weighted by Crippen LogP contribution is 2.30. The Morgan fingerprint density at radius 3 is 2.00 bits per heavy atom. The van der Waals surface area contributed by atoms with Crippen molar-refractivity contribution < 1.29 is 4.79 Å². The molecular formula is C28H37ClN4OS2. The van der Waals surface area contributed by atoms with Crippen molar-refractivity contribution >= 4 is 41.4 Å². The number of carbonyl (C=O) groups excluding carboxylic acids is 1. The molecule has 0 aliphatic heterocycles. The van der Waals surface area contributed by atoms with Crippen molar-refractivity contribution in [2.24, 2.45) is 7.05 Å². The molecule has 0 saturated carbocycles. The molecule has 0 spiro atoms. The summed E-state index contributed by atoms with van der Waals surface area (Å²) in [5.41, 5.74) is 3.43. The van der Waals surface area contributed by atoms with Crippen LogP contribution >= 0.6 is 35.5 Å². The molecule has 0 radical (unpaired) electrons. The maximum atomic E-state index is 13.8. The van der Waals surface area contributed by atoms with Gasteiger partial charge in [0, 0.05) is 42.1 Å². The maximum Gasteiger partial charge on any atom is 0.284 e. The van der Waals surface area contributed by atoms with Crippen molar-refractivity contribution in [2.75, 3.05) is 13.1 Å². The molecule has 1 aromatic heterocycles. The van der Waals surface area contributed by atoms with E-state index in [2.05, 4.69) is 78.7 Å². The minimum absolute atomic E-state index is 0.121. The fraction of sp³-hybridized carbons (Fsp3) is 0.429. The number of benzene rings is 2. The zero-order valence-corrected chi connectivity index (χ0v) is 24.3. The topological polar surface area (TPSA) is 41.4 Å². The Morgan fingerprint density at radius 1 is 0.944 bits per heavy atom. The number of hydrogen-bond acceptors (Lipinski definition) is 5. The Hall–Kier alpha value is -1.93. The summed E-state index contributed by atoms with van der Waals surface area (Å²) in [7, 11) is 1.78. The molecule has 0 fully saturated rings. The number of amides is 1. The van der Waals surface area contributed by atoms with E-state index < -0.39 is 0 Å². The average Bonchev–Trinajstić information content (AvgIpc) is 3.13. The standard InChI is InChI=1S/C28H37ClN4OS2/c1-6-8-18-32(19-9-7-2)36-33(28(34)27-26(29)22(4)30-31(27)5)20-23-12-16-25(17-13-23)35-24-14-10-21(3)11-15-24/h10-17H,6-9,18-20H2,1-5H3. The van der Waals surface area contributed by atoms with E-state index in [9.17, 15) is 4.79 Å². The van der Waals surface area contributed by atoms with Crippen molar-refractivity contribution in [3.05, 3.63) is 76.1 Å². The van der Waals surface area contributed by atoms with Crippen LogP contribution in [0.15, 0.2) is 58.3 Å². The lowest BCUT2D eigenvalue weighted by Gasteiger charge is -2.29. The molecule has 3 aromatic rings.